The van der Waals surface area contributed by atoms with Gasteiger partial charge in [-0.1, -0.05) is 12.1 Å². The molecule has 9 nitrogen and oxygen atoms in total. The second kappa shape index (κ2) is 11.9. The molecule has 0 radical (unpaired) electrons. The van der Waals surface area contributed by atoms with E-state index < -0.39 is 5.91 Å². The van der Waals surface area contributed by atoms with Crippen LogP contribution in [0.25, 0.3) is 10.9 Å². The molecule has 0 fully saturated rings. The molecule has 0 saturated carbocycles. The highest BCUT2D eigenvalue weighted by Crippen LogP contribution is 2.38. The Morgan fingerprint density at radius 1 is 1.00 bits per heavy atom. The van der Waals surface area contributed by atoms with Crippen molar-refractivity contribution in [3.05, 3.63) is 53.2 Å². The lowest BCUT2D eigenvalue weighted by Crippen LogP contribution is -2.34. The number of ether oxygens (including phenoxy) is 2. The van der Waals surface area contributed by atoms with Gasteiger partial charge >= 0.3 is 6.03 Å². The number of primary amides is 1. The van der Waals surface area contributed by atoms with Gasteiger partial charge in [0.15, 0.2) is 11.5 Å². The Kier molecular flexibility index (Phi) is 8.72. The zero-order valence-corrected chi connectivity index (χ0v) is 20.7. The number of nitrogens with zero attached hydrogens (tertiary/aromatic N) is 1. The summed E-state index contributed by atoms with van der Waals surface area (Å²) in [5, 5.41) is 9.85. The van der Waals surface area contributed by atoms with Gasteiger partial charge in [-0.15, -0.1) is 0 Å². The summed E-state index contributed by atoms with van der Waals surface area (Å²) in [5.74, 6) is 0.749. The lowest BCUT2D eigenvalue weighted by Gasteiger charge is -2.19. The fourth-order valence-corrected chi connectivity index (χ4v) is 3.79. The summed E-state index contributed by atoms with van der Waals surface area (Å²) >= 11 is 0. The van der Waals surface area contributed by atoms with Crippen molar-refractivity contribution in [1.82, 2.24) is 15.6 Å². The molecule has 186 valence electrons. The molecule has 3 amide bonds. The zero-order valence-electron chi connectivity index (χ0n) is 20.7. The van der Waals surface area contributed by atoms with E-state index in [0.717, 1.165) is 27.9 Å². The van der Waals surface area contributed by atoms with E-state index >= 15 is 0 Å². The lowest BCUT2D eigenvalue weighted by molar-refractivity contribution is -0.117. The third kappa shape index (κ3) is 6.32. The van der Waals surface area contributed by atoms with Crippen molar-refractivity contribution < 1.29 is 19.1 Å². The number of hydrogen-bond donors (Lipinski definition) is 4. The fourth-order valence-electron chi connectivity index (χ4n) is 3.79. The van der Waals surface area contributed by atoms with E-state index in [-0.39, 0.29) is 12.5 Å². The Balaban J connectivity index is 2.07. The maximum absolute atomic E-state index is 11.8. The SMILES string of the molecule is CCNC(=O)NCc1cccc(Nc2c(CC(N)=O)cnc3cc(OCC)c(OCC)cc23)c1C. The van der Waals surface area contributed by atoms with Crippen molar-refractivity contribution in [2.75, 3.05) is 25.1 Å². The van der Waals surface area contributed by atoms with Crippen LogP contribution in [-0.4, -0.2) is 36.7 Å². The standard InChI is InChI=1S/C26H33N5O4/c1-5-28-26(33)30-14-17-9-8-10-20(16(17)4)31-25-18(11-24(27)32)15-29-21-13-23(35-7-3)22(34-6-2)12-19(21)25/h8-10,12-13,15H,5-7,11,14H2,1-4H3,(H2,27,32)(H,29,31)(H2,28,30,33). The third-order valence-electron chi connectivity index (χ3n) is 5.46. The number of pyridine rings is 1. The molecule has 0 aliphatic carbocycles. The van der Waals surface area contributed by atoms with Gasteiger partial charge in [-0.25, -0.2) is 4.79 Å². The molecule has 0 unspecified atom stereocenters. The second-order valence-electron chi connectivity index (χ2n) is 7.91. The number of hydrogen-bond acceptors (Lipinski definition) is 6. The predicted molar refractivity (Wildman–Crippen MR) is 137 cm³/mol. The first-order chi connectivity index (χ1) is 16.9. The number of fused-ring (bicyclic) bond motifs is 1. The van der Waals surface area contributed by atoms with Gasteiger partial charge in [-0.2, -0.15) is 0 Å². The number of nitrogens with two attached hydrogens (primary N) is 1. The molecule has 3 aromatic rings. The third-order valence-corrected chi connectivity index (χ3v) is 5.46. The highest BCUT2D eigenvalue weighted by molar-refractivity contribution is 5.98. The van der Waals surface area contributed by atoms with Crippen molar-refractivity contribution in [3.63, 3.8) is 0 Å². The first-order valence-electron chi connectivity index (χ1n) is 11.7. The van der Waals surface area contributed by atoms with Gasteiger partial charge in [0.25, 0.3) is 0 Å². The molecule has 0 aliphatic heterocycles. The molecule has 0 bridgehead atoms. The summed E-state index contributed by atoms with van der Waals surface area (Å²) in [4.78, 5) is 28.2. The van der Waals surface area contributed by atoms with Crippen LogP contribution in [0.15, 0.2) is 36.5 Å². The second-order valence-corrected chi connectivity index (χ2v) is 7.91. The largest absolute Gasteiger partial charge is 0.490 e. The van der Waals surface area contributed by atoms with Crippen LogP contribution < -0.4 is 31.2 Å². The van der Waals surface area contributed by atoms with Crippen molar-refractivity contribution in [2.45, 2.75) is 40.7 Å². The molecule has 35 heavy (non-hydrogen) atoms. The van der Waals surface area contributed by atoms with E-state index in [2.05, 4.69) is 20.9 Å². The number of nitrogens with one attached hydrogen (secondary N) is 3. The summed E-state index contributed by atoms with van der Waals surface area (Å²) in [5.41, 5.74) is 10.4. The minimum absolute atomic E-state index is 0.0277. The number of amides is 3. The van der Waals surface area contributed by atoms with E-state index in [4.69, 9.17) is 15.2 Å². The minimum Gasteiger partial charge on any atom is -0.490 e. The number of carbonyl (C=O) groups is 2. The first-order valence-corrected chi connectivity index (χ1v) is 11.7. The average Bonchev–Trinajstić information content (AvgIpc) is 2.82. The van der Waals surface area contributed by atoms with Crippen molar-refractivity contribution in [1.29, 1.82) is 0 Å². The van der Waals surface area contributed by atoms with Crippen LogP contribution in [0.4, 0.5) is 16.2 Å². The number of benzene rings is 2. The normalized spacial score (nSPS) is 10.6. The zero-order chi connectivity index (χ0) is 25.4. The minimum atomic E-state index is -0.457. The van der Waals surface area contributed by atoms with Crippen molar-refractivity contribution in [2.24, 2.45) is 5.73 Å². The summed E-state index contributed by atoms with van der Waals surface area (Å²) in [6, 6.07) is 9.32. The fraction of sp³-hybridized carbons (Fsp3) is 0.346. The molecule has 0 saturated heterocycles. The first kappa shape index (κ1) is 25.6. The summed E-state index contributed by atoms with van der Waals surface area (Å²) < 4.78 is 11.6. The number of carbonyl (C=O) groups excluding carboxylic acids is 2. The number of aromatic nitrogens is 1. The predicted octanol–water partition coefficient (Wildman–Crippen LogP) is 3.93. The van der Waals surface area contributed by atoms with E-state index in [1.54, 1.807) is 6.20 Å². The Hall–Kier alpha value is -4.01. The molecular weight excluding hydrogens is 446 g/mol. The molecule has 5 N–H and O–H groups in total. The highest BCUT2D eigenvalue weighted by atomic mass is 16.5. The molecule has 2 aromatic carbocycles. The number of urea groups is 1. The van der Waals surface area contributed by atoms with Crippen LogP contribution >= 0.6 is 0 Å². The molecule has 0 aliphatic rings. The number of rotatable bonds is 11. The van der Waals surface area contributed by atoms with E-state index in [1.807, 2.05) is 58.0 Å². The Morgan fingerprint density at radius 2 is 1.71 bits per heavy atom. The number of anilines is 2. The Bertz CT molecular complexity index is 1210. The van der Waals surface area contributed by atoms with E-state index in [9.17, 15) is 9.59 Å². The van der Waals surface area contributed by atoms with Crippen LogP contribution in [0.5, 0.6) is 11.5 Å². The highest BCUT2D eigenvalue weighted by Gasteiger charge is 2.17. The Morgan fingerprint density at radius 3 is 2.37 bits per heavy atom. The molecule has 3 rings (SSSR count). The molecular formula is C26H33N5O4. The lowest BCUT2D eigenvalue weighted by atomic mass is 10.0. The Labute approximate surface area is 205 Å². The quantitative estimate of drug-likeness (QED) is 0.330. The van der Waals surface area contributed by atoms with E-state index in [1.165, 1.54) is 0 Å². The van der Waals surface area contributed by atoms with Gasteiger partial charge < -0.3 is 31.2 Å². The van der Waals surface area contributed by atoms with Gasteiger partial charge in [-0.05, 0) is 51.0 Å². The molecule has 1 aromatic heterocycles. The summed E-state index contributed by atoms with van der Waals surface area (Å²) in [7, 11) is 0. The summed E-state index contributed by atoms with van der Waals surface area (Å²) in [6.07, 6.45) is 1.68. The maximum Gasteiger partial charge on any atom is 0.315 e. The molecule has 0 atom stereocenters. The molecule has 9 heteroatoms. The monoisotopic (exact) mass is 479 g/mol. The maximum atomic E-state index is 11.8. The van der Waals surface area contributed by atoms with Gasteiger partial charge in [0, 0.05) is 42.0 Å². The molecule has 0 spiro atoms. The van der Waals surface area contributed by atoms with Gasteiger partial charge in [0.05, 0.1) is 30.8 Å². The smallest absolute Gasteiger partial charge is 0.315 e. The van der Waals surface area contributed by atoms with Gasteiger partial charge in [0.1, 0.15) is 0 Å². The van der Waals surface area contributed by atoms with Crippen LogP contribution in [0, 0.1) is 6.92 Å². The van der Waals surface area contributed by atoms with E-state index in [0.29, 0.717) is 48.9 Å². The van der Waals surface area contributed by atoms with Gasteiger partial charge in [0.2, 0.25) is 5.91 Å². The molecule has 1 heterocycles. The van der Waals surface area contributed by atoms with Gasteiger partial charge in [-0.3, -0.25) is 9.78 Å². The van der Waals surface area contributed by atoms with Crippen LogP contribution in [-0.2, 0) is 17.8 Å². The van der Waals surface area contributed by atoms with Crippen LogP contribution in [0.2, 0.25) is 0 Å². The topological polar surface area (TPSA) is 128 Å². The average molecular weight is 480 g/mol. The van der Waals surface area contributed by atoms with Crippen molar-refractivity contribution in [3.8, 4) is 11.5 Å². The van der Waals surface area contributed by atoms with Crippen molar-refractivity contribution >= 4 is 34.2 Å². The van der Waals surface area contributed by atoms with Crippen LogP contribution in [0.1, 0.15) is 37.5 Å². The summed E-state index contributed by atoms with van der Waals surface area (Å²) in [6.45, 7) is 9.56. The van der Waals surface area contributed by atoms with Crippen LogP contribution in [0.3, 0.4) is 0 Å².